The smallest absolute Gasteiger partial charge is 0.0375 e. The second-order valence-electron chi connectivity index (χ2n) is 6.22. The minimum Gasteiger partial charge on any atom is -0.329 e. The molecule has 0 aromatic heterocycles. The van der Waals surface area contributed by atoms with Gasteiger partial charge in [0.2, 0.25) is 0 Å². The van der Waals surface area contributed by atoms with Crippen molar-refractivity contribution in [1.82, 2.24) is 4.90 Å². The molecule has 0 aliphatic heterocycles. The SMILES string of the molecule is CN(Cc1ccccc1)C1(CN)CCc2ccccc2C1. The summed E-state index contributed by atoms with van der Waals surface area (Å²) in [5.41, 5.74) is 10.6. The lowest BCUT2D eigenvalue weighted by Gasteiger charge is -2.44. The molecular formula is C19H24N2. The summed E-state index contributed by atoms with van der Waals surface area (Å²) in [7, 11) is 2.22. The van der Waals surface area contributed by atoms with Crippen LogP contribution >= 0.6 is 0 Å². The van der Waals surface area contributed by atoms with E-state index in [1.54, 1.807) is 0 Å². The Hall–Kier alpha value is -1.64. The minimum absolute atomic E-state index is 0.0875. The van der Waals surface area contributed by atoms with Gasteiger partial charge in [-0.15, -0.1) is 0 Å². The zero-order chi connectivity index (χ0) is 14.7. The highest BCUT2D eigenvalue weighted by atomic mass is 15.2. The third-order valence-corrected chi connectivity index (χ3v) is 4.95. The first kappa shape index (κ1) is 14.3. The highest BCUT2D eigenvalue weighted by Crippen LogP contribution is 2.32. The Kier molecular flexibility index (Phi) is 4.09. The van der Waals surface area contributed by atoms with Gasteiger partial charge in [-0.2, -0.15) is 0 Å². The van der Waals surface area contributed by atoms with E-state index >= 15 is 0 Å². The molecule has 21 heavy (non-hydrogen) atoms. The number of hydrogen-bond acceptors (Lipinski definition) is 2. The summed E-state index contributed by atoms with van der Waals surface area (Å²) >= 11 is 0. The maximum Gasteiger partial charge on any atom is 0.0375 e. The van der Waals surface area contributed by atoms with Crippen molar-refractivity contribution < 1.29 is 0 Å². The molecule has 0 spiro atoms. The third kappa shape index (κ3) is 2.87. The van der Waals surface area contributed by atoms with Crippen molar-refractivity contribution in [3.05, 3.63) is 71.3 Å². The van der Waals surface area contributed by atoms with Crippen molar-refractivity contribution in [2.45, 2.75) is 31.3 Å². The van der Waals surface area contributed by atoms with E-state index in [-0.39, 0.29) is 5.54 Å². The van der Waals surface area contributed by atoms with E-state index in [0.29, 0.717) is 6.54 Å². The molecular weight excluding hydrogens is 256 g/mol. The summed E-state index contributed by atoms with van der Waals surface area (Å²) < 4.78 is 0. The molecule has 1 atom stereocenters. The quantitative estimate of drug-likeness (QED) is 0.933. The molecule has 1 aliphatic carbocycles. The van der Waals surface area contributed by atoms with E-state index in [9.17, 15) is 0 Å². The normalized spacial score (nSPS) is 21.3. The Labute approximate surface area is 127 Å². The van der Waals surface area contributed by atoms with Crippen LogP contribution in [0.1, 0.15) is 23.1 Å². The van der Waals surface area contributed by atoms with E-state index in [4.69, 9.17) is 5.73 Å². The number of aryl methyl sites for hydroxylation is 1. The first-order valence-electron chi connectivity index (χ1n) is 7.75. The van der Waals surface area contributed by atoms with Gasteiger partial charge in [-0.3, -0.25) is 4.90 Å². The second-order valence-corrected chi connectivity index (χ2v) is 6.22. The number of likely N-dealkylation sites (N-methyl/N-ethyl adjacent to an activating group) is 1. The lowest BCUT2D eigenvalue weighted by Crippen LogP contribution is -2.55. The number of benzene rings is 2. The number of nitrogens with zero attached hydrogens (tertiary/aromatic N) is 1. The summed E-state index contributed by atoms with van der Waals surface area (Å²) in [6.07, 6.45) is 3.33. The van der Waals surface area contributed by atoms with Gasteiger partial charge in [-0.25, -0.2) is 0 Å². The molecule has 0 saturated heterocycles. The van der Waals surface area contributed by atoms with E-state index in [2.05, 4.69) is 66.5 Å². The van der Waals surface area contributed by atoms with E-state index in [1.807, 2.05) is 0 Å². The number of hydrogen-bond donors (Lipinski definition) is 1. The van der Waals surface area contributed by atoms with Gasteiger partial charge in [-0.05, 0) is 43.0 Å². The van der Waals surface area contributed by atoms with Crippen LogP contribution in [0.2, 0.25) is 0 Å². The molecule has 0 saturated carbocycles. The standard InChI is InChI=1S/C19H24N2/c1-21(14-16-7-3-2-4-8-16)19(15-20)12-11-17-9-5-6-10-18(17)13-19/h2-10H,11-15,20H2,1H3. The number of nitrogens with two attached hydrogens (primary N) is 1. The molecule has 1 unspecified atom stereocenters. The molecule has 2 aromatic carbocycles. The van der Waals surface area contributed by atoms with Gasteiger partial charge in [0.05, 0.1) is 0 Å². The second kappa shape index (κ2) is 6.00. The topological polar surface area (TPSA) is 29.3 Å². The highest BCUT2D eigenvalue weighted by Gasteiger charge is 2.36. The fraction of sp³-hybridized carbons (Fsp3) is 0.368. The Bertz CT molecular complexity index is 594. The molecule has 110 valence electrons. The minimum atomic E-state index is 0.0875. The molecule has 0 fully saturated rings. The van der Waals surface area contributed by atoms with Crippen LogP contribution in [-0.4, -0.2) is 24.0 Å². The van der Waals surface area contributed by atoms with E-state index < -0.39 is 0 Å². The van der Waals surface area contributed by atoms with Crippen molar-refractivity contribution in [1.29, 1.82) is 0 Å². The van der Waals surface area contributed by atoms with Crippen LogP contribution in [0.3, 0.4) is 0 Å². The van der Waals surface area contributed by atoms with Crippen LogP contribution in [-0.2, 0) is 19.4 Å². The van der Waals surface area contributed by atoms with Crippen molar-refractivity contribution in [3.63, 3.8) is 0 Å². The van der Waals surface area contributed by atoms with Gasteiger partial charge < -0.3 is 5.73 Å². The van der Waals surface area contributed by atoms with Crippen LogP contribution in [0.4, 0.5) is 0 Å². The lowest BCUT2D eigenvalue weighted by molar-refractivity contribution is 0.101. The van der Waals surface area contributed by atoms with Crippen molar-refractivity contribution in [3.8, 4) is 0 Å². The molecule has 2 aromatic rings. The predicted molar refractivity (Wildman–Crippen MR) is 88.2 cm³/mol. The van der Waals surface area contributed by atoms with Gasteiger partial charge in [0.15, 0.2) is 0 Å². The van der Waals surface area contributed by atoms with Crippen LogP contribution in [0, 0.1) is 0 Å². The van der Waals surface area contributed by atoms with Crippen molar-refractivity contribution >= 4 is 0 Å². The molecule has 0 radical (unpaired) electrons. The summed E-state index contributed by atoms with van der Waals surface area (Å²) in [4.78, 5) is 2.46. The molecule has 0 bridgehead atoms. The molecule has 2 N–H and O–H groups in total. The highest BCUT2D eigenvalue weighted by molar-refractivity contribution is 5.32. The molecule has 2 nitrogen and oxygen atoms in total. The van der Waals surface area contributed by atoms with Crippen molar-refractivity contribution in [2.75, 3.05) is 13.6 Å². The van der Waals surface area contributed by atoms with Crippen LogP contribution in [0.25, 0.3) is 0 Å². The lowest BCUT2D eigenvalue weighted by atomic mass is 9.77. The zero-order valence-corrected chi connectivity index (χ0v) is 12.8. The van der Waals surface area contributed by atoms with E-state index in [0.717, 1.165) is 25.8 Å². The molecule has 2 heteroatoms. The molecule has 3 rings (SSSR count). The van der Waals surface area contributed by atoms with Crippen LogP contribution in [0.15, 0.2) is 54.6 Å². The maximum absolute atomic E-state index is 6.21. The fourth-order valence-electron chi connectivity index (χ4n) is 3.46. The summed E-state index contributed by atoms with van der Waals surface area (Å²) in [6, 6.07) is 19.5. The summed E-state index contributed by atoms with van der Waals surface area (Å²) in [5.74, 6) is 0. The average Bonchev–Trinajstić information content (AvgIpc) is 2.55. The molecule has 0 amide bonds. The summed E-state index contributed by atoms with van der Waals surface area (Å²) in [5, 5.41) is 0. The Balaban J connectivity index is 1.81. The largest absolute Gasteiger partial charge is 0.329 e. The predicted octanol–water partition coefficient (Wildman–Crippen LogP) is 3.00. The van der Waals surface area contributed by atoms with Crippen molar-refractivity contribution in [2.24, 2.45) is 5.73 Å². The first-order chi connectivity index (χ1) is 10.2. The van der Waals surface area contributed by atoms with Gasteiger partial charge in [0, 0.05) is 18.6 Å². The Morgan fingerprint density at radius 2 is 1.67 bits per heavy atom. The zero-order valence-electron chi connectivity index (χ0n) is 12.8. The number of fused-ring (bicyclic) bond motifs is 1. The number of rotatable bonds is 4. The molecule has 1 aliphatic rings. The third-order valence-electron chi connectivity index (χ3n) is 4.95. The average molecular weight is 280 g/mol. The monoisotopic (exact) mass is 280 g/mol. The van der Waals surface area contributed by atoms with Gasteiger partial charge in [0.1, 0.15) is 0 Å². The Morgan fingerprint density at radius 1 is 1.00 bits per heavy atom. The fourth-order valence-corrected chi connectivity index (χ4v) is 3.46. The summed E-state index contributed by atoms with van der Waals surface area (Å²) in [6.45, 7) is 1.67. The maximum atomic E-state index is 6.21. The van der Waals surface area contributed by atoms with Crippen LogP contribution < -0.4 is 5.73 Å². The van der Waals surface area contributed by atoms with Gasteiger partial charge in [0.25, 0.3) is 0 Å². The Morgan fingerprint density at radius 3 is 2.38 bits per heavy atom. The van der Waals surface area contributed by atoms with Crippen LogP contribution in [0.5, 0.6) is 0 Å². The van der Waals surface area contributed by atoms with Gasteiger partial charge in [-0.1, -0.05) is 54.6 Å². The van der Waals surface area contributed by atoms with E-state index in [1.165, 1.54) is 16.7 Å². The first-order valence-corrected chi connectivity index (χ1v) is 7.75. The van der Waals surface area contributed by atoms with Gasteiger partial charge >= 0.3 is 0 Å². The molecule has 0 heterocycles.